The molecule has 2 N–H and O–H groups in total. The van der Waals surface area contributed by atoms with Gasteiger partial charge in [-0.05, 0) is 132 Å². The number of hydrogen-bond acceptors (Lipinski definition) is 13. The van der Waals surface area contributed by atoms with Gasteiger partial charge in [0, 0.05) is 94.2 Å². The van der Waals surface area contributed by atoms with Crippen molar-refractivity contribution in [3.8, 4) is 0 Å². The molecule has 68 heavy (non-hydrogen) atoms. The standard InChI is InChI=1S/C50H63N11O5.2ClH/c1-32-41-30-52-50(55-46(41)61(37-5-3-4-6-37)49(66)45(32)33(2)62)53-43-11-8-39(29-51-43)59-25-23-57(24-26-59)22-21-56-17-13-34(14-18-56)27-35-15-19-58(20-16-35)38-7-9-40-36(28-38)31-60(48(40)65)42-10-12-44(63)54-47(42)64;;/h7-9,11,28-30,34-35,37,42H,3-6,10,12-27,31H2,1-2H3,(H,54,63,64)(H,51,52,53,55);2*1H/t42-;;/m0../s1. The fraction of sp³-hybridized carbons (Fsp3) is 0.560. The monoisotopic (exact) mass is 969 g/mol. The van der Waals surface area contributed by atoms with E-state index in [1.165, 1.54) is 52.1 Å². The highest BCUT2D eigenvalue weighted by atomic mass is 35.5. The number of fused-ring (bicyclic) bond motifs is 2. The van der Waals surface area contributed by atoms with E-state index < -0.39 is 6.04 Å². The number of rotatable bonds is 12. The Bertz CT molecular complexity index is 2560. The van der Waals surface area contributed by atoms with Crippen LogP contribution in [0.1, 0.15) is 115 Å². The molecule has 3 aromatic heterocycles. The highest BCUT2D eigenvalue weighted by Gasteiger charge is 2.39. The van der Waals surface area contributed by atoms with Crippen LogP contribution < -0.4 is 26.0 Å². The zero-order valence-electron chi connectivity index (χ0n) is 39.3. The zero-order chi connectivity index (χ0) is 45.5. The van der Waals surface area contributed by atoms with Crippen LogP contribution in [0.15, 0.2) is 47.5 Å². The number of likely N-dealkylation sites (tertiary alicyclic amines) is 1. The Balaban J connectivity index is 0.00000312. The third-order valence-corrected chi connectivity index (χ3v) is 15.6. The molecular weight excluding hydrogens is 906 g/mol. The maximum Gasteiger partial charge on any atom is 0.263 e. The number of ketones is 1. The number of benzene rings is 1. The second kappa shape index (κ2) is 21.2. The van der Waals surface area contributed by atoms with Crippen molar-refractivity contribution in [1.29, 1.82) is 0 Å². The van der Waals surface area contributed by atoms with Crippen molar-refractivity contribution >= 4 is 82.5 Å². The number of piperidine rings is 3. The van der Waals surface area contributed by atoms with Gasteiger partial charge in [-0.2, -0.15) is 4.98 Å². The van der Waals surface area contributed by atoms with Gasteiger partial charge in [-0.3, -0.25) is 38.8 Å². The van der Waals surface area contributed by atoms with Gasteiger partial charge in [0.1, 0.15) is 17.5 Å². The van der Waals surface area contributed by atoms with Crippen molar-refractivity contribution in [2.24, 2.45) is 11.8 Å². The first-order valence-corrected chi connectivity index (χ1v) is 24.4. The summed E-state index contributed by atoms with van der Waals surface area (Å²) in [5.41, 5.74) is 5.06. The summed E-state index contributed by atoms with van der Waals surface area (Å²) in [6.07, 6.45) is 14.4. The van der Waals surface area contributed by atoms with E-state index in [2.05, 4.69) is 53.4 Å². The predicted molar refractivity (Wildman–Crippen MR) is 268 cm³/mol. The molecule has 1 aromatic carbocycles. The van der Waals surface area contributed by atoms with Crippen LogP contribution in [0, 0.1) is 18.8 Å². The molecular formula is C50H65Cl2N11O5. The molecule has 16 nitrogen and oxygen atoms in total. The van der Waals surface area contributed by atoms with Crippen LogP contribution in [-0.4, -0.2) is 129 Å². The summed E-state index contributed by atoms with van der Waals surface area (Å²) in [5.74, 6) is 1.58. The largest absolute Gasteiger partial charge is 0.372 e. The molecule has 0 unspecified atom stereocenters. The van der Waals surface area contributed by atoms with Crippen LogP contribution in [0.5, 0.6) is 0 Å². The number of hydrogen-bond donors (Lipinski definition) is 2. The highest BCUT2D eigenvalue weighted by molar-refractivity contribution is 6.05. The van der Waals surface area contributed by atoms with Crippen molar-refractivity contribution in [2.45, 2.75) is 103 Å². The van der Waals surface area contributed by atoms with Crippen molar-refractivity contribution < 1.29 is 19.2 Å². The lowest BCUT2D eigenvalue weighted by atomic mass is 9.82. The Morgan fingerprint density at radius 1 is 0.765 bits per heavy atom. The number of Topliss-reactive ketones (excluding diaryl/α,β-unsaturated/α-hetero) is 1. The van der Waals surface area contributed by atoms with Gasteiger partial charge in [-0.25, -0.2) is 9.97 Å². The number of anilines is 4. The van der Waals surface area contributed by atoms with Gasteiger partial charge in [0.15, 0.2) is 5.78 Å². The predicted octanol–water partition coefficient (Wildman–Crippen LogP) is 6.30. The molecule has 3 amide bonds. The number of nitrogens with one attached hydrogen (secondary N) is 2. The van der Waals surface area contributed by atoms with Crippen LogP contribution in [-0.2, 0) is 16.1 Å². The second-order valence-electron chi connectivity index (χ2n) is 19.6. The summed E-state index contributed by atoms with van der Waals surface area (Å²) in [7, 11) is 0. The van der Waals surface area contributed by atoms with Crippen molar-refractivity contribution in [3.05, 3.63) is 75.3 Å². The number of nitrogens with zero attached hydrogens (tertiary/aromatic N) is 9. The highest BCUT2D eigenvalue weighted by Crippen LogP contribution is 2.36. The number of carbonyl (C=O) groups excluding carboxylic acids is 4. The van der Waals surface area contributed by atoms with Crippen LogP contribution in [0.2, 0.25) is 0 Å². The molecule has 0 radical (unpaired) electrons. The fourth-order valence-corrected chi connectivity index (χ4v) is 11.7. The molecule has 1 saturated carbocycles. The molecule has 1 atom stereocenters. The molecule has 364 valence electrons. The zero-order valence-corrected chi connectivity index (χ0v) is 40.9. The lowest BCUT2D eigenvalue weighted by Crippen LogP contribution is -2.52. The van der Waals surface area contributed by atoms with E-state index in [1.54, 1.807) is 22.6 Å². The summed E-state index contributed by atoms with van der Waals surface area (Å²) in [4.78, 5) is 89.3. The van der Waals surface area contributed by atoms with E-state index >= 15 is 0 Å². The van der Waals surface area contributed by atoms with Crippen LogP contribution in [0.4, 0.5) is 23.1 Å². The molecule has 4 aromatic rings. The number of aryl methyl sites for hydroxylation is 1. The number of carbonyl (C=O) groups is 4. The van der Waals surface area contributed by atoms with Gasteiger partial charge in [-0.15, -0.1) is 24.8 Å². The summed E-state index contributed by atoms with van der Waals surface area (Å²) < 4.78 is 1.73. The Morgan fingerprint density at radius 3 is 2.09 bits per heavy atom. The first-order chi connectivity index (χ1) is 32.1. The topological polar surface area (TPSA) is 169 Å². The molecule has 10 rings (SSSR count). The first-order valence-electron chi connectivity index (χ1n) is 24.4. The lowest BCUT2D eigenvalue weighted by molar-refractivity contribution is -0.136. The van der Waals surface area contributed by atoms with Gasteiger partial charge in [0.25, 0.3) is 11.5 Å². The Labute approximate surface area is 410 Å². The molecule has 5 fully saturated rings. The molecule has 5 aliphatic heterocycles. The molecule has 6 aliphatic rings. The Kier molecular flexibility index (Phi) is 15.4. The third kappa shape index (κ3) is 10.2. The van der Waals surface area contributed by atoms with Gasteiger partial charge < -0.3 is 24.9 Å². The smallest absolute Gasteiger partial charge is 0.263 e. The van der Waals surface area contributed by atoms with Gasteiger partial charge in [-0.1, -0.05) is 12.8 Å². The molecule has 4 saturated heterocycles. The van der Waals surface area contributed by atoms with E-state index in [4.69, 9.17) is 9.97 Å². The van der Waals surface area contributed by atoms with Gasteiger partial charge in [0.2, 0.25) is 17.8 Å². The molecule has 1 aliphatic carbocycles. The van der Waals surface area contributed by atoms with E-state index in [9.17, 15) is 24.0 Å². The molecule has 0 spiro atoms. The van der Waals surface area contributed by atoms with E-state index in [1.807, 2.05) is 18.3 Å². The number of imide groups is 1. The summed E-state index contributed by atoms with van der Waals surface area (Å²) in [5, 5.41) is 6.37. The Hall–Kier alpha value is -5.16. The number of piperazine rings is 1. The number of amides is 3. The second-order valence-corrected chi connectivity index (χ2v) is 19.6. The normalized spacial score (nSPS) is 21.2. The third-order valence-electron chi connectivity index (χ3n) is 15.6. The van der Waals surface area contributed by atoms with Crippen molar-refractivity contribution in [1.82, 2.24) is 39.5 Å². The van der Waals surface area contributed by atoms with Gasteiger partial charge >= 0.3 is 0 Å². The van der Waals surface area contributed by atoms with E-state index in [0.29, 0.717) is 41.5 Å². The summed E-state index contributed by atoms with van der Waals surface area (Å²) in [6.45, 7) is 14.3. The quantitative estimate of drug-likeness (QED) is 0.120. The summed E-state index contributed by atoms with van der Waals surface area (Å²) >= 11 is 0. The minimum absolute atomic E-state index is 0. The molecule has 18 heteroatoms. The minimum Gasteiger partial charge on any atom is -0.372 e. The van der Waals surface area contributed by atoms with Crippen molar-refractivity contribution in [3.63, 3.8) is 0 Å². The number of aromatic nitrogens is 4. The van der Waals surface area contributed by atoms with Gasteiger partial charge in [0.05, 0.1) is 17.4 Å². The maximum atomic E-state index is 13.6. The van der Waals surface area contributed by atoms with Crippen LogP contribution >= 0.6 is 24.8 Å². The summed E-state index contributed by atoms with van der Waals surface area (Å²) in [6, 6.07) is 9.62. The van der Waals surface area contributed by atoms with Crippen molar-refractivity contribution in [2.75, 3.05) is 80.6 Å². The number of halogens is 2. The van der Waals surface area contributed by atoms with E-state index in [0.717, 1.165) is 112 Å². The van der Waals surface area contributed by atoms with E-state index in [-0.39, 0.29) is 71.9 Å². The molecule has 8 heterocycles. The maximum absolute atomic E-state index is 13.6. The molecule has 0 bridgehead atoms. The SMILES string of the molecule is CC(=O)c1c(C)c2cnc(Nc3ccc(N4CCN(CCN5CCC(CC6CCN(c7ccc8c(c7)CN([C@H]7CCC(=O)NC7=O)C8=O)CC6)CC5)CC4)cn3)nc2n(C2CCCC2)c1=O.Cl.Cl. The lowest BCUT2D eigenvalue weighted by Gasteiger charge is -2.39. The van der Waals surface area contributed by atoms with Crippen LogP contribution in [0.3, 0.4) is 0 Å². The number of pyridine rings is 2. The Morgan fingerprint density at radius 2 is 1.43 bits per heavy atom. The first kappa shape index (κ1) is 49.3. The average Bonchev–Trinajstić information content (AvgIpc) is 3.97. The fourth-order valence-electron chi connectivity index (χ4n) is 11.7. The minimum atomic E-state index is -0.584. The van der Waals surface area contributed by atoms with Crippen LogP contribution in [0.25, 0.3) is 11.0 Å². The average molecular weight is 971 g/mol.